The molecule has 0 saturated heterocycles. The van der Waals surface area contributed by atoms with Gasteiger partial charge in [-0.15, -0.1) is 0 Å². The number of hydrogen-bond acceptors (Lipinski definition) is 3. The summed E-state index contributed by atoms with van der Waals surface area (Å²) in [6, 6.07) is 4.49. The van der Waals surface area contributed by atoms with Gasteiger partial charge in [-0.05, 0) is 35.4 Å². The van der Waals surface area contributed by atoms with Crippen LogP contribution in [0.15, 0.2) is 43.5 Å². The van der Waals surface area contributed by atoms with Gasteiger partial charge in [0.2, 0.25) is 0 Å². The van der Waals surface area contributed by atoms with Gasteiger partial charge in [0.05, 0.1) is 5.56 Å². The molecule has 1 N–H and O–H groups in total. The molecule has 0 spiro atoms. The second-order valence-electron chi connectivity index (χ2n) is 4.04. The van der Waals surface area contributed by atoms with Gasteiger partial charge in [0.15, 0.2) is 11.6 Å². The highest BCUT2D eigenvalue weighted by molar-refractivity contribution is 5.94. The van der Waals surface area contributed by atoms with Crippen molar-refractivity contribution in [2.24, 2.45) is 0 Å². The number of carboxylic acid groups (broad SMARTS) is 1. The maximum Gasteiger partial charge on any atom is 0.335 e. The largest absolute Gasteiger partial charge is 0.478 e. The van der Waals surface area contributed by atoms with Crippen molar-refractivity contribution in [3.63, 3.8) is 0 Å². The maximum absolute atomic E-state index is 11.3. The standard InChI is InChI=1S/C15H14O4/c1-3-13(16)8-10-5-11(9-14(17)4-2)7-12(6-10)15(18)19/h3-7H,1-2,8-9H2,(H,18,19). The zero-order valence-electron chi connectivity index (χ0n) is 10.4. The topological polar surface area (TPSA) is 71.4 Å². The summed E-state index contributed by atoms with van der Waals surface area (Å²) in [6.45, 7) is 6.73. The fourth-order valence-electron chi connectivity index (χ4n) is 1.64. The average Bonchev–Trinajstić information content (AvgIpc) is 2.37. The van der Waals surface area contributed by atoms with Gasteiger partial charge in [0.1, 0.15) is 0 Å². The monoisotopic (exact) mass is 258 g/mol. The molecular weight excluding hydrogens is 244 g/mol. The van der Waals surface area contributed by atoms with Gasteiger partial charge in [-0.25, -0.2) is 4.79 Å². The lowest BCUT2D eigenvalue weighted by atomic mass is 9.99. The van der Waals surface area contributed by atoms with Crippen molar-refractivity contribution >= 4 is 17.5 Å². The van der Waals surface area contributed by atoms with Gasteiger partial charge < -0.3 is 5.11 Å². The number of allylic oxidation sites excluding steroid dienone is 2. The molecule has 0 radical (unpaired) electrons. The number of hydrogen-bond donors (Lipinski definition) is 1. The molecule has 0 aromatic heterocycles. The number of rotatable bonds is 7. The molecule has 0 unspecified atom stereocenters. The van der Waals surface area contributed by atoms with E-state index in [4.69, 9.17) is 5.11 Å². The number of benzene rings is 1. The first-order valence-electron chi connectivity index (χ1n) is 5.63. The first-order valence-corrected chi connectivity index (χ1v) is 5.63. The molecule has 1 rings (SSSR count). The van der Waals surface area contributed by atoms with Crippen molar-refractivity contribution < 1.29 is 19.5 Å². The Morgan fingerprint density at radius 3 is 1.68 bits per heavy atom. The Kier molecular flexibility index (Phi) is 4.94. The summed E-state index contributed by atoms with van der Waals surface area (Å²) >= 11 is 0. The highest BCUT2D eigenvalue weighted by Gasteiger charge is 2.10. The Morgan fingerprint density at radius 2 is 1.37 bits per heavy atom. The molecule has 0 aliphatic heterocycles. The summed E-state index contributed by atoms with van der Waals surface area (Å²) < 4.78 is 0. The summed E-state index contributed by atoms with van der Waals surface area (Å²) in [7, 11) is 0. The van der Waals surface area contributed by atoms with Crippen molar-refractivity contribution in [1.29, 1.82) is 0 Å². The van der Waals surface area contributed by atoms with E-state index in [0.717, 1.165) is 0 Å². The zero-order valence-corrected chi connectivity index (χ0v) is 10.4. The molecule has 0 fully saturated rings. The molecule has 0 aliphatic carbocycles. The normalized spacial score (nSPS) is 9.68. The smallest absolute Gasteiger partial charge is 0.335 e. The molecule has 0 amide bonds. The third kappa shape index (κ3) is 4.35. The summed E-state index contributed by atoms with van der Waals surface area (Å²) in [4.78, 5) is 33.6. The van der Waals surface area contributed by atoms with Gasteiger partial charge in [-0.3, -0.25) is 9.59 Å². The van der Waals surface area contributed by atoms with Crippen LogP contribution in [-0.2, 0) is 22.4 Å². The SMILES string of the molecule is C=CC(=O)Cc1cc(CC(=O)C=C)cc(C(=O)O)c1. The van der Waals surface area contributed by atoms with Crippen molar-refractivity contribution in [2.75, 3.05) is 0 Å². The average molecular weight is 258 g/mol. The minimum Gasteiger partial charge on any atom is -0.478 e. The van der Waals surface area contributed by atoms with Crippen LogP contribution in [0.1, 0.15) is 21.5 Å². The molecule has 0 atom stereocenters. The predicted molar refractivity (Wildman–Crippen MR) is 71.2 cm³/mol. The van der Waals surface area contributed by atoms with Crippen LogP contribution in [0.2, 0.25) is 0 Å². The molecule has 0 heterocycles. The minimum absolute atomic E-state index is 0.0567. The Hall–Kier alpha value is -2.49. The van der Waals surface area contributed by atoms with Gasteiger partial charge in [0, 0.05) is 12.8 Å². The van der Waals surface area contributed by atoms with Crippen LogP contribution in [0.5, 0.6) is 0 Å². The molecular formula is C15H14O4. The van der Waals surface area contributed by atoms with Crippen LogP contribution in [0, 0.1) is 0 Å². The minimum atomic E-state index is -1.10. The third-order valence-electron chi connectivity index (χ3n) is 2.51. The molecule has 0 aliphatic rings. The molecule has 0 bridgehead atoms. The summed E-state index contributed by atoms with van der Waals surface area (Å²) in [5.41, 5.74) is 1.16. The Labute approximate surface area is 111 Å². The highest BCUT2D eigenvalue weighted by Crippen LogP contribution is 2.13. The van der Waals surface area contributed by atoms with E-state index in [0.29, 0.717) is 11.1 Å². The van der Waals surface area contributed by atoms with Crippen LogP contribution in [0.4, 0.5) is 0 Å². The zero-order chi connectivity index (χ0) is 14.4. The molecule has 98 valence electrons. The van der Waals surface area contributed by atoms with Gasteiger partial charge in [-0.1, -0.05) is 19.2 Å². The summed E-state index contributed by atoms with van der Waals surface area (Å²) in [6.07, 6.45) is 2.50. The van der Waals surface area contributed by atoms with Gasteiger partial charge in [0.25, 0.3) is 0 Å². The van der Waals surface area contributed by atoms with E-state index in [1.54, 1.807) is 6.07 Å². The first kappa shape index (κ1) is 14.6. The molecule has 0 saturated carbocycles. The molecule has 1 aromatic carbocycles. The van der Waals surface area contributed by atoms with Crippen molar-refractivity contribution in [1.82, 2.24) is 0 Å². The lowest BCUT2D eigenvalue weighted by Gasteiger charge is -2.05. The number of carboxylic acids is 1. The summed E-state index contributed by atoms with van der Waals surface area (Å²) in [5.74, 6) is -1.51. The van der Waals surface area contributed by atoms with E-state index in [9.17, 15) is 14.4 Å². The number of carbonyl (C=O) groups excluding carboxylic acids is 2. The number of carbonyl (C=O) groups is 3. The number of ketones is 2. The molecule has 1 aromatic rings. The highest BCUT2D eigenvalue weighted by atomic mass is 16.4. The first-order chi connectivity index (χ1) is 8.96. The van der Waals surface area contributed by atoms with E-state index in [-0.39, 0.29) is 30.0 Å². The van der Waals surface area contributed by atoms with E-state index in [1.165, 1.54) is 24.3 Å². The second kappa shape index (κ2) is 6.44. The van der Waals surface area contributed by atoms with Crippen LogP contribution >= 0.6 is 0 Å². The van der Waals surface area contributed by atoms with E-state index in [1.807, 2.05) is 0 Å². The van der Waals surface area contributed by atoms with Crippen molar-refractivity contribution in [3.8, 4) is 0 Å². The third-order valence-corrected chi connectivity index (χ3v) is 2.51. The van der Waals surface area contributed by atoms with Crippen molar-refractivity contribution in [2.45, 2.75) is 12.8 Å². The van der Waals surface area contributed by atoms with Gasteiger partial charge >= 0.3 is 5.97 Å². The second-order valence-corrected chi connectivity index (χ2v) is 4.04. The molecule has 4 nitrogen and oxygen atoms in total. The molecule has 4 heteroatoms. The Morgan fingerprint density at radius 1 is 0.947 bits per heavy atom. The van der Waals surface area contributed by atoms with Gasteiger partial charge in [-0.2, -0.15) is 0 Å². The van der Waals surface area contributed by atoms with E-state index >= 15 is 0 Å². The Bertz CT molecular complexity index is 515. The Balaban J connectivity index is 3.13. The quantitative estimate of drug-likeness (QED) is 0.759. The van der Waals surface area contributed by atoms with E-state index < -0.39 is 5.97 Å². The van der Waals surface area contributed by atoms with Crippen LogP contribution in [0.25, 0.3) is 0 Å². The fraction of sp³-hybridized carbons (Fsp3) is 0.133. The van der Waals surface area contributed by atoms with E-state index in [2.05, 4.69) is 13.2 Å². The summed E-state index contributed by atoms with van der Waals surface area (Å²) in [5, 5.41) is 9.01. The number of aromatic carboxylic acids is 1. The van der Waals surface area contributed by atoms with Crippen LogP contribution in [0.3, 0.4) is 0 Å². The fourth-order valence-corrected chi connectivity index (χ4v) is 1.64. The van der Waals surface area contributed by atoms with Crippen LogP contribution in [-0.4, -0.2) is 22.6 Å². The van der Waals surface area contributed by atoms with Crippen LogP contribution < -0.4 is 0 Å². The van der Waals surface area contributed by atoms with Crippen molar-refractivity contribution in [3.05, 3.63) is 60.2 Å². The maximum atomic E-state index is 11.3. The lowest BCUT2D eigenvalue weighted by molar-refractivity contribution is -0.114. The lowest BCUT2D eigenvalue weighted by Crippen LogP contribution is -2.06. The molecule has 19 heavy (non-hydrogen) atoms. The predicted octanol–water partition coefficient (Wildman–Crippen LogP) is 1.98.